The maximum atomic E-state index is 5.47. The van der Waals surface area contributed by atoms with Gasteiger partial charge < -0.3 is 19.7 Å². The zero-order valence-corrected chi connectivity index (χ0v) is 14.8. The lowest BCUT2D eigenvalue weighted by Crippen LogP contribution is -2.47. The van der Waals surface area contributed by atoms with Crippen LogP contribution < -0.4 is 19.7 Å². The maximum Gasteiger partial charge on any atom is 0.225 e. The molecule has 0 saturated carbocycles. The largest absolute Gasteiger partial charge is 0.495 e. The minimum absolute atomic E-state index is 0.572. The van der Waals surface area contributed by atoms with Gasteiger partial charge in [0.25, 0.3) is 0 Å². The predicted octanol–water partition coefficient (Wildman–Crippen LogP) is 1.73. The summed E-state index contributed by atoms with van der Waals surface area (Å²) in [6.45, 7) is 5.81. The molecule has 0 amide bonds. The van der Waals surface area contributed by atoms with Gasteiger partial charge >= 0.3 is 0 Å². The zero-order chi connectivity index (χ0) is 17.5. The quantitative estimate of drug-likeness (QED) is 0.821. The summed E-state index contributed by atoms with van der Waals surface area (Å²) in [5, 5.41) is 3.25. The molecular formula is C18H25N5O2. The van der Waals surface area contributed by atoms with Crippen molar-refractivity contribution in [1.82, 2.24) is 14.9 Å². The summed E-state index contributed by atoms with van der Waals surface area (Å²) >= 11 is 0. The van der Waals surface area contributed by atoms with E-state index in [1.165, 1.54) is 5.69 Å². The average Bonchev–Trinajstić information content (AvgIpc) is 2.68. The van der Waals surface area contributed by atoms with Crippen LogP contribution in [0.25, 0.3) is 0 Å². The Balaban J connectivity index is 1.45. The van der Waals surface area contributed by atoms with E-state index in [9.17, 15) is 0 Å². The van der Waals surface area contributed by atoms with Gasteiger partial charge in [0.1, 0.15) is 5.75 Å². The van der Waals surface area contributed by atoms with Gasteiger partial charge in [-0.05, 0) is 12.1 Å². The molecule has 0 radical (unpaired) electrons. The van der Waals surface area contributed by atoms with E-state index >= 15 is 0 Å². The van der Waals surface area contributed by atoms with Gasteiger partial charge in [0.2, 0.25) is 11.8 Å². The van der Waals surface area contributed by atoms with Crippen molar-refractivity contribution >= 4 is 11.6 Å². The minimum atomic E-state index is 0.572. The Morgan fingerprint density at radius 2 is 1.84 bits per heavy atom. The molecule has 0 aliphatic carbocycles. The molecule has 1 aliphatic rings. The molecule has 2 aromatic rings. The number of aromatic nitrogens is 2. The molecule has 1 fully saturated rings. The van der Waals surface area contributed by atoms with E-state index in [4.69, 9.17) is 9.47 Å². The molecular weight excluding hydrogens is 318 g/mol. The van der Waals surface area contributed by atoms with E-state index in [0.717, 1.165) is 45.0 Å². The maximum absolute atomic E-state index is 5.47. The Hall–Kier alpha value is -2.54. The molecule has 1 aromatic heterocycles. The van der Waals surface area contributed by atoms with Crippen LogP contribution >= 0.6 is 0 Å². The van der Waals surface area contributed by atoms with E-state index in [0.29, 0.717) is 11.8 Å². The fourth-order valence-electron chi connectivity index (χ4n) is 2.97. The molecule has 0 atom stereocenters. The van der Waals surface area contributed by atoms with Crippen LogP contribution in [0.2, 0.25) is 0 Å². The van der Waals surface area contributed by atoms with Crippen molar-refractivity contribution in [2.75, 3.05) is 63.7 Å². The molecule has 0 bridgehead atoms. The number of hydrogen-bond acceptors (Lipinski definition) is 7. The van der Waals surface area contributed by atoms with E-state index in [1.807, 2.05) is 12.1 Å². The van der Waals surface area contributed by atoms with Gasteiger partial charge in [-0.25, -0.2) is 4.98 Å². The highest BCUT2D eigenvalue weighted by Gasteiger charge is 2.19. The zero-order valence-electron chi connectivity index (χ0n) is 14.8. The van der Waals surface area contributed by atoms with Crippen LogP contribution in [0.5, 0.6) is 11.6 Å². The van der Waals surface area contributed by atoms with E-state index < -0.39 is 0 Å². The van der Waals surface area contributed by atoms with Gasteiger partial charge in [-0.3, -0.25) is 4.90 Å². The molecule has 0 unspecified atom stereocenters. The lowest BCUT2D eigenvalue weighted by molar-refractivity contribution is 0.266. The second-order valence-electron chi connectivity index (χ2n) is 5.85. The van der Waals surface area contributed by atoms with Crippen molar-refractivity contribution < 1.29 is 9.47 Å². The molecule has 3 rings (SSSR count). The third-order valence-electron chi connectivity index (χ3n) is 4.35. The number of piperazine rings is 1. The summed E-state index contributed by atoms with van der Waals surface area (Å²) in [6, 6.07) is 9.94. The predicted molar refractivity (Wildman–Crippen MR) is 98.7 cm³/mol. The molecule has 7 nitrogen and oxygen atoms in total. The molecule has 1 saturated heterocycles. The second-order valence-corrected chi connectivity index (χ2v) is 5.85. The molecule has 25 heavy (non-hydrogen) atoms. The van der Waals surface area contributed by atoms with Crippen LogP contribution in [0.1, 0.15) is 0 Å². The highest BCUT2D eigenvalue weighted by atomic mass is 16.5. The van der Waals surface area contributed by atoms with Crippen molar-refractivity contribution in [3.05, 3.63) is 36.5 Å². The van der Waals surface area contributed by atoms with E-state index in [1.54, 1.807) is 26.5 Å². The first-order valence-corrected chi connectivity index (χ1v) is 8.51. The summed E-state index contributed by atoms with van der Waals surface area (Å²) < 4.78 is 10.6. The van der Waals surface area contributed by atoms with Crippen molar-refractivity contribution in [1.29, 1.82) is 0 Å². The van der Waals surface area contributed by atoms with Gasteiger partial charge in [-0.15, -0.1) is 0 Å². The van der Waals surface area contributed by atoms with Crippen LogP contribution in [-0.2, 0) is 0 Å². The van der Waals surface area contributed by atoms with Crippen molar-refractivity contribution in [3.8, 4) is 11.6 Å². The van der Waals surface area contributed by atoms with E-state index in [2.05, 4.69) is 37.2 Å². The number of rotatable bonds is 7. The number of ether oxygens (including phenoxy) is 2. The smallest absolute Gasteiger partial charge is 0.225 e. The summed E-state index contributed by atoms with van der Waals surface area (Å²) in [7, 11) is 3.33. The third-order valence-corrected chi connectivity index (χ3v) is 4.35. The Morgan fingerprint density at radius 3 is 2.60 bits per heavy atom. The van der Waals surface area contributed by atoms with Gasteiger partial charge in [-0.1, -0.05) is 12.1 Å². The number of nitrogens with zero attached hydrogens (tertiary/aromatic N) is 4. The van der Waals surface area contributed by atoms with Crippen molar-refractivity contribution in [3.63, 3.8) is 0 Å². The summed E-state index contributed by atoms with van der Waals surface area (Å²) in [5.74, 6) is 2.11. The molecule has 134 valence electrons. The molecule has 7 heteroatoms. The molecule has 1 N–H and O–H groups in total. The number of benzene rings is 1. The average molecular weight is 343 g/mol. The van der Waals surface area contributed by atoms with Crippen LogP contribution in [0, 0.1) is 0 Å². The third kappa shape index (κ3) is 4.51. The minimum Gasteiger partial charge on any atom is -0.495 e. The monoisotopic (exact) mass is 343 g/mol. The number of methoxy groups -OCH3 is 2. The molecule has 0 spiro atoms. The van der Waals surface area contributed by atoms with Gasteiger partial charge in [0, 0.05) is 51.5 Å². The van der Waals surface area contributed by atoms with E-state index in [-0.39, 0.29) is 0 Å². The molecule has 2 heterocycles. The lowest BCUT2D eigenvalue weighted by Gasteiger charge is -2.36. The highest BCUT2D eigenvalue weighted by Crippen LogP contribution is 2.28. The topological polar surface area (TPSA) is 62.8 Å². The Kier molecular flexibility index (Phi) is 5.90. The van der Waals surface area contributed by atoms with Crippen LogP contribution in [0.3, 0.4) is 0 Å². The summed E-state index contributed by atoms with van der Waals surface area (Å²) in [4.78, 5) is 13.3. The van der Waals surface area contributed by atoms with Gasteiger partial charge in [-0.2, -0.15) is 4.98 Å². The number of anilines is 2. The Bertz CT molecular complexity index is 674. The van der Waals surface area contributed by atoms with Crippen LogP contribution in [0.15, 0.2) is 36.5 Å². The Labute approximate surface area is 148 Å². The number of para-hydroxylation sites is 2. The molecule has 1 aliphatic heterocycles. The standard InChI is InChI=1S/C18H25N5O2/c1-24-16-6-4-3-5-15(16)23-13-11-22(12-14-23)10-9-20-18-19-8-7-17(21-18)25-2/h3-8H,9-14H2,1-2H3,(H,19,20,21). The normalized spacial score (nSPS) is 15.0. The van der Waals surface area contributed by atoms with Gasteiger partial charge in [0.05, 0.1) is 19.9 Å². The Morgan fingerprint density at radius 1 is 1.04 bits per heavy atom. The first-order chi connectivity index (χ1) is 12.3. The lowest BCUT2D eigenvalue weighted by atomic mass is 10.2. The first kappa shape index (κ1) is 17.3. The summed E-state index contributed by atoms with van der Waals surface area (Å²) in [5.41, 5.74) is 1.17. The fourth-order valence-corrected chi connectivity index (χ4v) is 2.97. The van der Waals surface area contributed by atoms with Crippen molar-refractivity contribution in [2.24, 2.45) is 0 Å². The van der Waals surface area contributed by atoms with Crippen LogP contribution in [0.4, 0.5) is 11.6 Å². The second kappa shape index (κ2) is 8.53. The fraction of sp³-hybridized carbons (Fsp3) is 0.444. The van der Waals surface area contributed by atoms with Crippen LogP contribution in [-0.4, -0.2) is 68.4 Å². The van der Waals surface area contributed by atoms with Gasteiger partial charge in [0.15, 0.2) is 0 Å². The SMILES string of the molecule is COc1ccnc(NCCN2CCN(c3ccccc3OC)CC2)n1. The highest BCUT2D eigenvalue weighted by molar-refractivity contribution is 5.58. The molecule has 1 aromatic carbocycles. The van der Waals surface area contributed by atoms with Crippen molar-refractivity contribution in [2.45, 2.75) is 0 Å². The number of hydrogen-bond donors (Lipinski definition) is 1. The number of nitrogens with one attached hydrogen (secondary N) is 1. The summed E-state index contributed by atoms with van der Waals surface area (Å²) in [6.07, 6.45) is 1.69. The first-order valence-electron chi connectivity index (χ1n) is 8.51.